The van der Waals surface area contributed by atoms with Gasteiger partial charge < -0.3 is 10.1 Å². The summed E-state index contributed by atoms with van der Waals surface area (Å²) in [4.78, 5) is 33.4. The molecule has 1 aromatic heterocycles. The zero-order valence-corrected chi connectivity index (χ0v) is 19.2. The summed E-state index contributed by atoms with van der Waals surface area (Å²) in [7, 11) is 0. The molecule has 0 aliphatic carbocycles. The second kappa shape index (κ2) is 11.7. The van der Waals surface area contributed by atoms with Gasteiger partial charge in [-0.25, -0.2) is 9.97 Å². The second-order valence-corrected chi connectivity index (χ2v) is 8.45. The molecule has 1 atom stereocenters. The number of aryl methyl sites for hydroxylation is 2. The van der Waals surface area contributed by atoms with E-state index in [1.165, 1.54) is 11.8 Å². The van der Waals surface area contributed by atoms with Crippen LogP contribution in [0.3, 0.4) is 0 Å². The summed E-state index contributed by atoms with van der Waals surface area (Å²) in [6, 6.07) is 9.74. The van der Waals surface area contributed by atoms with Gasteiger partial charge in [0.05, 0.1) is 6.04 Å². The summed E-state index contributed by atoms with van der Waals surface area (Å²) >= 11 is 1.49. The van der Waals surface area contributed by atoms with Crippen LogP contribution in [-0.2, 0) is 20.7 Å². The number of amides is 1. The first-order valence-corrected chi connectivity index (χ1v) is 11.4. The van der Waals surface area contributed by atoms with Crippen molar-refractivity contribution in [1.82, 2.24) is 15.3 Å². The summed E-state index contributed by atoms with van der Waals surface area (Å²) in [5.41, 5.74) is 3.74. The third kappa shape index (κ3) is 7.44. The van der Waals surface area contributed by atoms with E-state index in [2.05, 4.69) is 29.1 Å². The van der Waals surface area contributed by atoms with Crippen LogP contribution in [0.25, 0.3) is 0 Å². The molecule has 6 nitrogen and oxygen atoms in total. The Morgan fingerprint density at radius 2 is 1.73 bits per heavy atom. The molecule has 1 aromatic carbocycles. The Kier molecular flexibility index (Phi) is 9.30. The van der Waals surface area contributed by atoms with Gasteiger partial charge in [-0.15, -0.1) is 0 Å². The highest BCUT2D eigenvalue weighted by molar-refractivity contribution is 7.98. The van der Waals surface area contributed by atoms with Gasteiger partial charge in [0.1, 0.15) is 0 Å². The largest absolute Gasteiger partial charge is 0.456 e. The molecule has 7 heteroatoms. The number of carbonyl (C=O) groups is 2. The Hall–Kier alpha value is -2.41. The molecule has 30 heavy (non-hydrogen) atoms. The Morgan fingerprint density at radius 1 is 1.10 bits per heavy atom. The van der Waals surface area contributed by atoms with Gasteiger partial charge in [-0.05, 0) is 50.0 Å². The number of aromatic nitrogens is 2. The van der Waals surface area contributed by atoms with Gasteiger partial charge in [0, 0.05) is 17.8 Å². The van der Waals surface area contributed by atoms with Crippen LogP contribution in [0, 0.1) is 19.8 Å². The molecule has 0 unspecified atom stereocenters. The minimum Gasteiger partial charge on any atom is -0.456 e. The molecule has 1 amide bonds. The first kappa shape index (κ1) is 23.9. The molecule has 1 N–H and O–H groups in total. The summed E-state index contributed by atoms with van der Waals surface area (Å²) in [6.45, 7) is 7.78. The lowest BCUT2D eigenvalue weighted by molar-refractivity contribution is -0.148. The minimum atomic E-state index is -0.405. The van der Waals surface area contributed by atoms with E-state index in [0.29, 0.717) is 12.3 Å². The number of ether oxygens (including phenoxy) is 1. The second-order valence-electron chi connectivity index (χ2n) is 7.68. The minimum absolute atomic E-state index is 0.102. The van der Waals surface area contributed by atoms with Gasteiger partial charge in [-0.3, -0.25) is 9.59 Å². The van der Waals surface area contributed by atoms with Crippen molar-refractivity contribution in [3.8, 4) is 0 Å². The highest BCUT2D eigenvalue weighted by Gasteiger charge is 2.17. The number of hydrogen-bond acceptors (Lipinski definition) is 6. The van der Waals surface area contributed by atoms with Crippen molar-refractivity contribution >= 4 is 23.6 Å². The van der Waals surface area contributed by atoms with Crippen LogP contribution in [0.15, 0.2) is 35.5 Å². The van der Waals surface area contributed by atoms with Crippen LogP contribution < -0.4 is 5.32 Å². The Morgan fingerprint density at radius 3 is 2.30 bits per heavy atom. The molecule has 0 aliphatic heterocycles. The molecule has 0 fully saturated rings. The molecule has 2 rings (SSSR count). The summed E-state index contributed by atoms with van der Waals surface area (Å²) < 4.78 is 5.20. The van der Waals surface area contributed by atoms with Crippen molar-refractivity contribution in [3.05, 3.63) is 52.8 Å². The van der Waals surface area contributed by atoms with Gasteiger partial charge >= 0.3 is 5.97 Å². The van der Waals surface area contributed by atoms with Crippen LogP contribution in [0.1, 0.15) is 55.2 Å². The maximum atomic E-state index is 12.4. The molecule has 0 saturated carbocycles. The van der Waals surface area contributed by atoms with E-state index in [0.717, 1.165) is 34.1 Å². The fourth-order valence-corrected chi connectivity index (χ4v) is 3.73. The number of nitrogens with zero attached hydrogens (tertiary/aromatic N) is 2. The first-order chi connectivity index (χ1) is 14.3. The zero-order chi connectivity index (χ0) is 22.1. The van der Waals surface area contributed by atoms with Crippen molar-refractivity contribution in [2.24, 2.45) is 5.92 Å². The van der Waals surface area contributed by atoms with Crippen LogP contribution in [-0.4, -0.2) is 34.7 Å². The van der Waals surface area contributed by atoms with E-state index in [-0.39, 0.29) is 25.0 Å². The van der Waals surface area contributed by atoms with E-state index < -0.39 is 5.97 Å². The number of esters is 1. The van der Waals surface area contributed by atoms with Crippen molar-refractivity contribution in [2.75, 3.05) is 12.9 Å². The van der Waals surface area contributed by atoms with Crippen LogP contribution in [0.2, 0.25) is 0 Å². The monoisotopic (exact) mass is 429 g/mol. The number of thioether (sulfide) groups is 1. The number of nitrogens with one attached hydrogen (secondary N) is 1. The lowest BCUT2D eigenvalue weighted by atomic mass is 9.97. The van der Waals surface area contributed by atoms with Crippen LogP contribution in [0.5, 0.6) is 0 Å². The lowest BCUT2D eigenvalue weighted by Crippen LogP contribution is -2.33. The smallest absolute Gasteiger partial charge is 0.306 e. The van der Waals surface area contributed by atoms with Crippen molar-refractivity contribution in [1.29, 1.82) is 0 Å². The van der Waals surface area contributed by atoms with Crippen molar-refractivity contribution in [2.45, 2.75) is 58.2 Å². The van der Waals surface area contributed by atoms with E-state index in [1.807, 2.05) is 50.4 Å². The number of benzene rings is 1. The molecule has 0 saturated heterocycles. The van der Waals surface area contributed by atoms with Gasteiger partial charge in [0.15, 0.2) is 11.8 Å². The van der Waals surface area contributed by atoms with Crippen molar-refractivity contribution in [3.63, 3.8) is 0 Å². The molecule has 1 heterocycles. The normalized spacial score (nSPS) is 11.9. The topological polar surface area (TPSA) is 81.2 Å². The summed E-state index contributed by atoms with van der Waals surface area (Å²) in [6.07, 6.45) is 3.42. The Labute approximate surface area is 183 Å². The highest BCUT2D eigenvalue weighted by Crippen LogP contribution is 2.21. The van der Waals surface area contributed by atoms with E-state index in [1.54, 1.807) is 0 Å². The van der Waals surface area contributed by atoms with E-state index >= 15 is 0 Å². The van der Waals surface area contributed by atoms with Gasteiger partial charge in [0.2, 0.25) is 0 Å². The Balaban J connectivity index is 1.86. The van der Waals surface area contributed by atoms with Gasteiger partial charge in [-0.2, -0.15) is 0 Å². The van der Waals surface area contributed by atoms with Gasteiger partial charge in [-0.1, -0.05) is 55.9 Å². The molecule has 0 bridgehead atoms. The lowest BCUT2D eigenvalue weighted by Gasteiger charge is -2.21. The maximum Gasteiger partial charge on any atom is 0.306 e. The molecule has 0 spiro atoms. The predicted molar refractivity (Wildman–Crippen MR) is 119 cm³/mol. The standard InChI is InChI=1S/C23H31N3O3S/c1-15(2)13-20(18-9-7-6-8-10-18)26-21(27)14-29-22(28)12-11-19-16(3)24-23(30-5)25-17(19)4/h6-10,15,20H,11-14H2,1-5H3,(H,26,27)/t20-/m1/s1. The predicted octanol–water partition coefficient (Wildman–Crippen LogP) is 4.19. The molecule has 162 valence electrons. The Bertz CT molecular complexity index is 833. The van der Waals surface area contributed by atoms with E-state index in [4.69, 9.17) is 4.74 Å². The molecular weight excluding hydrogens is 398 g/mol. The number of hydrogen-bond donors (Lipinski definition) is 1. The highest BCUT2D eigenvalue weighted by atomic mass is 32.2. The zero-order valence-electron chi connectivity index (χ0n) is 18.4. The molecule has 0 radical (unpaired) electrons. The quantitative estimate of drug-likeness (QED) is 0.346. The van der Waals surface area contributed by atoms with Crippen LogP contribution in [0.4, 0.5) is 0 Å². The summed E-state index contributed by atoms with van der Waals surface area (Å²) in [5, 5.41) is 3.71. The van der Waals surface area contributed by atoms with Crippen molar-refractivity contribution < 1.29 is 14.3 Å². The average molecular weight is 430 g/mol. The third-order valence-corrected chi connectivity index (χ3v) is 5.32. The molecule has 2 aromatic rings. The number of carbonyl (C=O) groups excluding carboxylic acids is 2. The van der Waals surface area contributed by atoms with E-state index in [9.17, 15) is 9.59 Å². The van der Waals surface area contributed by atoms with Gasteiger partial charge in [0.25, 0.3) is 5.91 Å². The molecular formula is C23H31N3O3S. The summed E-state index contributed by atoms with van der Waals surface area (Å²) in [5.74, 6) is -0.278. The SMILES string of the molecule is CSc1nc(C)c(CCC(=O)OCC(=O)N[C@H](CC(C)C)c2ccccc2)c(C)n1. The van der Waals surface area contributed by atoms with Crippen LogP contribution >= 0.6 is 11.8 Å². The fourth-order valence-electron chi connectivity index (χ4n) is 3.28. The fraction of sp³-hybridized carbons (Fsp3) is 0.478. The maximum absolute atomic E-state index is 12.4. The third-order valence-electron chi connectivity index (χ3n) is 4.77. The number of rotatable bonds is 10. The molecule has 0 aliphatic rings. The first-order valence-electron chi connectivity index (χ1n) is 10.2. The average Bonchev–Trinajstić information content (AvgIpc) is 2.71.